The Labute approximate surface area is 108 Å². The maximum Gasteiger partial charge on any atom is 0.295 e. The zero-order valence-corrected chi connectivity index (χ0v) is 11.0. The standard InChI is InChI=1S/C15H19N3/c1-11-5-6-13(10-12(11)2)7-9-18-15-14(16)4-3-8-17-15/h3-6,8,10H,7,9,16H2,1-2H3,(H,17,18)/p+1. The summed E-state index contributed by atoms with van der Waals surface area (Å²) in [6.07, 6.45) is 2.86. The van der Waals surface area contributed by atoms with Gasteiger partial charge in [-0.1, -0.05) is 18.2 Å². The maximum atomic E-state index is 5.85. The van der Waals surface area contributed by atoms with Crippen molar-refractivity contribution < 1.29 is 4.98 Å². The van der Waals surface area contributed by atoms with Gasteiger partial charge in [0.2, 0.25) is 0 Å². The number of aryl methyl sites for hydroxylation is 2. The number of nitrogens with two attached hydrogens (primary N) is 1. The van der Waals surface area contributed by atoms with Crippen LogP contribution >= 0.6 is 0 Å². The fourth-order valence-electron chi connectivity index (χ4n) is 1.89. The lowest BCUT2D eigenvalue weighted by Gasteiger charge is -2.05. The molecule has 0 spiro atoms. The number of anilines is 2. The summed E-state index contributed by atoms with van der Waals surface area (Å²) in [7, 11) is 0. The summed E-state index contributed by atoms with van der Waals surface area (Å²) in [5, 5.41) is 3.31. The molecule has 0 fully saturated rings. The summed E-state index contributed by atoms with van der Waals surface area (Å²) in [5.41, 5.74) is 10.6. The van der Waals surface area contributed by atoms with Crippen LogP contribution < -0.4 is 16.0 Å². The molecule has 2 aromatic rings. The van der Waals surface area contributed by atoms with Gasteiger partial charge >= 0.3 is 0 Å². The van der Waals surface area contributed by atoms with Crippen molar-refractivity contribution in [1.29, 1.82) is 0 Å². The zero-order chi connectivity index (χ0) is 13.0. The van der Waals surface area contributed by atoms with Crippen LogP contribution in [0.1, 0.15) is 16.7 Å². The number of hydrogen-bond acceptors (Lipinski definition) is 2. The monoisotopic (exact) mass is 242 g/mol. The van der Waals surface area contributed by atoms with Crippen molar-refractivity contribution in [2.45, 2.75) is 20.3 Å². The molecule has 0 aliphatic rings. The number of H-pyrrole nitrogens is 1. The van der Waals surface area contributed by atoms with Gasteiger partial charge in [-0.2, -0.15) is 0 Å². The molecular formula is C15H20N3+. The highest BCUT2D eigenvalue weighted by atomic mass is 15.0. The molecule has 0 aliphatic heterocycles. The Morgan fingerprint density at radius 1 is 1.17 bits per heavy atom. The topological polar surface area (TPSA) is 52.2 Å². The Morgan fingerprint density at radius 2 is 2.00 bits per heavy atom. The van der Waals surface area contributed by atoms with Crippen molar-refractivity contribution in [3.8, 4) is 0 Å². The molecule has 0 saturated heterocycles. The summed E-state index contributed by atoms with van der Waals surface area (Å²) >= 11 is 0. The Balaban J connectivity index is 1.92. The van der Waals surface area contributed by atoms with Crippen LogP contribution in [0.4, 0.5) is 11.5 Å². The Bertz CT molecular complexity index is 535. The van der Waals surface area contributed by atoms with Crippen molar-refractivity contribution in [3.05, 3.63) is 53.2 Å². The molecule has 0 aliphatic carbocycles. The molecule has 0 unspecified atom stereocenters. The van der Waals surface area contributed by atoms with Gasteiger partial charge in [-0.25, -0.2) is 4.98 Å². The number of rotatable bonds is 4. The van der Waals surface area contributed by atoms with E-state index in [1.54, 1.807) is 0 Å². The Kier molecular flexibility index (Phi) is 3.82. The zero-order valence-electron chi connectivity index (χ0n) is 11.0. The number of hydrogen-bond donors (Lipinski definition) is 2. The van der Waals surface area contributed by atoms with Gasteiger partial charge in [0.15, 0.2) is 0 Å². The molecule has 0 amide bonds. The van der Waals surface area contributed by atoms with E-state index in [-0.39, 0.29) is 0 Å². The number of aromatic nitrogens is 1. The van der Waals surface area contributed by atoms with Gasteiger partial charge < -0.3 is 5.73 Å². The molecule has 94 valence electrons. The normalized spacial score (nSPS) is 10.3. The highest BCUT2D eigenvalue weighted by Crippen LogP contribution is 2.12. The molecule has 18 heavy (non-hydrogen) atoms. The van der Waals surface area contributed by atoms with Crippen molar-refractivity contribution in [3.63, 3.8) is 0 Å². The third-order valence-electron chi connectivity index (χ3n) is 3.18. The summed E-state index contributed by atoms with van der Waals surface area (Å²) in [6, 6.07) is 10.4. The third-order valence-corrected chi connectivity index (χ3v) is 3.18. The summed E-state index contributed by atoms with van der Waals surface area (Å²) in [4.78, 5) is 3.11. The number of nitrogens with one attached hydrogen (secondary N) is 2. The van der Waals surface area contributed by atoms with Gasteiger partial charge in [0.1, 0.15) is 5.69 Å². The van der Waals surface area contributed by atoms with Gasteiger partial charge in [0.05, 0.1) is 12.7 Å². The molecule has 1 aromatic heterocycles. The molecule has 4 N–H and O–H groups in total. The third kappa shape index (κ3) is 3.00. The van der Waals surface area contributed by atoms with Crippen molar-refractivity contribution in [1.82, 2.24) is 0 Å². The number of nitrogen functional groups attached to an aromatic ring is 1. The van der Waals surface area contributed by atoms with Crippen LogP contribution in [-0.2, 0) is 6.42 Å². The van der Waals surface area contributed by atoms with E-state index < -0.39 is 0 Å². The predicted molar refractivity (Wildman–Crippen MR) is 75.5 cm³/mol. The average Bonchev–Trinajstić information content (AvgIpc) is 2.36. The summed E-state index contributed by atoms with van der Waals surface area (Å²) in [6.45, 7) is 5.15. The second-order valence-electron chi connectivity index (χ2n) is 4.60. The SMILES string of the molecule is Cc1ccc(CCNc2[nH+]cccc2N)cc1C. The molecule has 0 saturated carbocycles. The van der Waals surface area contributed by atoms with Crippen LogP contribution in [-0.4, -0.2) is 6.54 Å². The van der Waals surface area contributed by atoms with Crippen LogP contribution in [0.3, 0.4) is 0 Å². The van der Waals surface area contributed by atoms with Crippen LogP contribution in [0.25, 0.3) is 0 Å². The molecule has 0 radical (unpaired) electrons. The molecule has 0 bridgehead atoms. The van der Waals surface area contributed by atoms with Gasteiger partial charge in [-0.05, 0) is 42.7 Å². The van der Waals surface area contributed by atoms with E-state index >= 15 is 0 Å². The maximum absolute atomic E-state index is 5.85. The minimum Gasteiger partial charge on any atom is -0.392 e. The lowest BCUT2D eigenvalue weighted by atomic mass is 10.0. The van der Waals surface area contributed by atoms with Crippen LogP contribution in [0.2, 0.25) is 0 Å². The number of benzene rings is 1. The second kappa shape index (κ2) is 5.54. The largest absolute Gasteiger partial charge is 0.392 e. The van der Waals surface area contributed by atoms with Crippen molar-refractivity contribution in [2.24, 2.45) is 0 Å². The van der Waals surface area contributed by atoms with E-state index in [1.165, 1.54) is 16.7 Å². The van der Waals surface area contributed by atoms with Crippen molar-refractivity contribution in [2.75, 3.05) is 17.6 Å². The van der Waals surface area contributed by atoms with Crippen LogP contribution in [0.5, 0.6) is 0 Å². The lowest BCUT2D eigenvalue weighted by molar-refractivity contribution is -0.360. The van der Waals surface area contributed by atoms with E-state index in [4.69, 9.17) is 5.73 Å². The highest BCUT2D eigenvalue weighted by molar-refractivity contribution is 5.56. The first kappa shape index (κ1) is 12.4. The molecule has 3 nitrogen and oxygen atoms in total. The van der Waals surface area contributed by atoms with Crippen molar-refractivity contribution >= 4 is 11.5 Å². The number of aromatic amines is 1. The summed E-state index contributed by atoms with van der Waals surface area (Å²) in [5.74, 6) is 0.890. The smallest absolute Gasteiger partial charge is 0.295 e. The Hall–Kier alpha value is -2.03. The first-order chi connectivity index (χ1) is 8.66. The first-order valence-electron chi connectivity index (χ1n) is 6.23. The van der Waals surface area contributed by atoms with E-state index in [0.717, 1.165) is 24.5 Å². The summed E-state index contributed by atoms with van der Waals surface area (Å²) < 4.78 is 0. The Morgan fingerprint density at radius 3 is 2.72 bits per heavy atom. The fourth-order valence-corrected chi connectivity index (χ4v) is 1.89. The van der Waals surface area contributed by atoms with E-state index in [2.05, 4.69) is 42.3 Å². The van der Waals surface area contributed by atoms with E-state index in [0.29, 0.717) is 0 Å². The molecule has 1 aromatic carbocycles. The first-order valence-corrected chi connectivity index (χ1v) is 6.23. The fraction of sp³-hybridized carbons (Fsp3) is 0.267. The predicted octanol–water partition coefficient (Wildman–Crippen LogP) is 2.35. The highest BCUT2D eigenvalue weighted by Gasteiger charge is 2.05. The lowest BCUT2D eigenvalue weighted by Crippen LogP contribution is -2.16. The molecular weight excluding hydrogens is 222 g/mol. The van der Waals surface area contributed by atoms with Gasteiger partial charge in [0, 0.05) is 6.42 Å². The molecule has 0 atom stereocenters. The minimum atomic E-state index is 0.748. The number of pyridine rings is 1. The van der Waals surface area contributed by atoms with E-state index in [9.17, 15) is 0 Å². The second-order valence-corrected chi connectivity index (χ2v) is 4.60. The van der Waals surface area contributed by atoms with Crippen LogP contribution in [0, 0.1) is 13.8 Å². The minimum absolute atomic E-state index is 0.748. The average molecular weight is 242 g/mol. The molecule has 2 rings (SSSR count). The van der Waals surface area contributed by atoms with Gasteiger partial charge in [-0.15, -0.1) is 0 Å². The van der Waals surface area contributed by atoms with Crippen LogP contribution in [0.15, 0.2) is 36.5 Å². The quantitative estimate of drug-likeness (QED) is 0.864. The molecule has 1 heterocycles. The van der Waals surface area contributed by atoms with Gasteiger partial charge in [-0.3, -0.25) is 5.32 Å². The van der Waals surface area contributed by atoms with E-state index in [1.807, 2.05) is 18.3 Å². The molecule has 3 heteroatoms. The van der Waals surface area contributed by atoms with Gasteiger partial charge in [0.25, 0.3) is 5.82 Å².